The van der Waals surface area contributed by atoms with E-state index in [-0.39, 0.29) is 5.92 Å². The Balaban J connectivity index is 1.33. The van der Waals surface area contributed by atoms with Crippen LogP contribution in [-0.2, 0) is 19.6 Å². The summed E-state index contributed by atoms with van der Waals surface area (Å²) in [5.41, 5.74) is 8.07. The molecule has 3 N–H and O–H groups in total. The summed E-state index contributed by atoms with van der Waals surface area (Å²) in [6.07, 6.45) is 1.83. The number of nitrogen functional groups attached to an aromatic ring is 1. The number of hydrogen-bond donors (Lipinski definition) is 2. The highest BCUT2D eigenvalue weighted by atomic mass is 32.1. The first-order valence-corrected chi connectivity index (χ1v) is 11.5. The van der Waals surface area contributed by atoms with E-state index in [1.165, 1.54) is 5.56 Å². The minimum Gasteiger partial charge on any atom is -0.366 e. The summed E-state index contributed by atoms with van der Waals surface area (Å²) < 4.78 is 1.87. The number of fused-ring (bicyclic) bond motifs is 1. The van der Waals surface area contributed by atoms with Crippen molar-refractivity contribution in [3.05, 3.63) is 59.1 Å². The van der Waals surface area contributed by atoms with Crippen LogP contribution in [0.3, 0.4) is 0 Å². The standard InChI is InChI=1S/C22H25N9S/c1-14(2)20-26-17(25-12-15-3-5-16(6-4-15)21-24-7-10-32-21)11-18(27-20)30-8-9-31-19(13-30)28-22(23)29-31/h3-7,10-11,14H,8-9,12-13H2,1-2H3,(H2,23,29)(H,25,26,27). The molecule has 1 aromatic carbocycles. The van der Waals surface area contributed by atoms with E-state index in [9.17, 15) is 0 Å². The first-order valence-electron chi connectivity index (χ1n) is 10.6. The minimum atomic E-state index is 0.220. The molecule has 0 aliphatic carbocycles. The van der Waals surface area contributed by atoms with E-state index < -0.39 is 0 Å². The highest BCUT2D eigenvalue weighted by molar-refractivity contribution is 7.13. The van der Waals surface area contributed by atoms with Crippen LogP contribution in [0, 0.1) is 0 Å². The number of rotatable bonds is 6. The van der Waals surface area contributed by atoms with Crippen molar-refractivity contribution in [1.29, 1.82) is 0 Å². The third-order valence-corrected chi connectivity index (χ3v) is 6.18. The molecular formula is C22H25N9S. The first-order chi connectivity index (χ1) is 15.5. The van der Waals surface area contributed by atoms with Gasteiger partial charge in [-0.25, -0.2) is 19.6 Å². The summed E-state index contributed by atoms with van der Waals surface area (Å²) in [5.74, 6) is 3.91. The average molecular weight is 448 g/mol. The van der Waals surface area contributed by atoms with Crippen LogP contribution in [0.15, 0.2) is 41.9 Å². The number of hydrogen-bond acceptors (Lipinski definition) is 9. The van der Waals surface area contributed by atoms with Crippen LogP contribution in [-0.4, -0.2) is 36.3 Å². The number of aromatic nitrogens is 6. The fraction of sp³-hybridized carbons (Fsp3) is 0.318. The van der Waals surface area contributed by atoms with E-state index in [2.05, 4.69) is 63.4 Å². The molecule has 0 unspecified atom stereocenters. The van der Waals surface area contributed by atoms with E-state index in [0.717, 1.165) is 46.9 Å². The highest BCUT2D eigenvalue weighted by Gasteiger charge is 2.22. The lowest BCUT2D eigenvalue weighted by Gasteiger charge is -2.28. The van der Waals surface area contributed by atoms with Gasteiger partial charge in [0.1, 0.15) is 28.3 Å². The molecule has 5 rings (SSSR count). The number of thiazole rings is 1. The van der Waals surface area contributed by atoms with Gasteiger partial charge in [-0.15, -0.1) is 16.4 Å². The van der Waals surface area contributed by atoms with Crippen molar-refractivity contribution in [2.75, 3.05) is 22.5 Å². The van der Waals surface area contributed by atoms with E-state index in [1.807, 2.05) is 22.3 Å². The van der Waals surface area contributed by atoms with Crippen molar-refractivity contribution in [3.63, 3.8) is 0 Å². The highest BCUT2D eigenvalue weighted by Crippen LogP contribution is 2.25. The summed E-state index contributed by atoms with van der Waals surface area (Å²) in [7, 11) is 0. The van der Waals surface area contributed by atoms with Gasteiger partial charge in [-0.3, -0.25) is 0 Å². The molecule has 0 fully saturated rings. The molecule has 4 heterocycles. The van der Waals surface area contributed by atoms with Crippen molar-refractivity contribution in [2.45, 2.75) is 39.4 Å². The lowest BCUT2D eigenvalue weighted by molar-refractivity contribution is 0.509. The SMILES string of the molecule is CC(C)c1nc(NCc2ccc(-c3nccs3)cc2)cc(N2CCn3nc(N)nc3C2)n1. The summed E-state index contributed by atoms with van der Waals surface area (Å²) >= 11 is 1.64. The maximum Gasteiger partial charge on any atom is 0.239 e. The quantitative estimate of drug-likeness (QED) is 0.462. The molecule has 0 saturated heterocycles. The Labute approximate surface area is 190 Å². The lowest BCUT2D eigenvalue weighted by atomic mass is 10.1. The number of nitrogens with one attached hydrogen (secondary N) is 1. The van der Waals surface area contributed by atoms with Gasteiger partial charge >= 0.3 is 0 Å². The monoisotopic (exact) mass is 447 g/mol. The van der Waals surface area contributed by atoms with Crippen LogP contribution < -0.4 is 16.0 Å². The van der Waals surface area contributed by atoms with Gasteiger partial charge in [0, 0.05) is 42.2 Å². The Kier molecular flexibility index (Phi) is 5.44. The zero-order valence-corrected chi connectivity index (χ0v) is 18.9. The van der Waals surface area contributed by atoms with E-state index >= 15 is 0 Å². The minimum absolute atomic E-state index is 0.220. The molecule has 164 valence electrons. The Morgan fingerprint density at radius 2 is 1.97 bits per heavy atom. The summed E-state index contributed by atoms with van der Waals surface area (Å²) in [4.78, 5) is 20.5. The zero-order valence-electron chi connectivity index (χ0n) is 18.1. The smallest absolute Gasteiger partial charge is 0.239 e. The summed E-state index contributed by atoms with van der Waals surface area (Å²) in [5, 5.41) is 10.7. The fourth-order valence-electron chi connectivity index (χ4n) is 3.64. The molecule has 0 amide bonds. The number of anilines is 3. The molecule has 0 radical (unpaired) electrons. The van der Waals surface area contributed by atoms with Gasteiger partial charge in [-0.2, -0.15) is 4.98 Å². The summed E-state index contributed by atoms with van der Waals surface area (Å²) in [6.45, 7) is 7.03. The molecule has 4 aromatic rings. The van der Waals surface area contributed by atoms with Gasteiger partial charge in [0.15, 0.2) is 0 Å². The molecule has 1 aliphatic heterocycles. The fourth-order valence-corrected chi connectivity index (χ4v) is 4.28. The zero-order chi connectivity index (χ0) is 22.1. The maximum absolute atomic E-state index is 5.76. The molecule has 0 atom stereocenters. The van der Waals surface area contributed by atoms with Crippen LogP contribution in [0.25, 0.3) is 10.6 Å². The van der Waals surface area contributed by atoms with E-state index in [0.29, 0.717) is 19.0 Å². The van der Waals surface area contributed by atoms with Crippen molar-refractivity contribution < 1.29 is 0 Å². The third kappa shape index (κ3) is 4.26. The van der Waals surface area contributed by atoms with Crippen molar-refractivity contribution in [3.8, 4) is 10.6 Å². The van der Waals surface area contributed by atoms with Gasteiger partial charge in [0.25, 0.3) is 0 Å². The predicted octanol–water partition coefficient (Wildman–Crippen LogP) is 3.53. The Morgan fingerprint density at radius 3 is 2.72 bits per heavy atom. The number of benzene rings is 1. The lowest BCUT2D eigenvalue weighted by Crippen LogP contribution is -2.35. The number of nitrogens with two attached hydrogens (primary N) is 1. The van der Waals surface area contributed by atoms with Crippen LogP contribution in [0.1, 0.15) is 37.0 Å². The summed E-state index contributed by atoms with van der Waals surface area (Å²) in [6, 6.07) is 10.5. The molecule has 32 heavy (non-hydrogen) atoms. The maximum atomic E-state index is 5.76. The van der Waals surface area contributed by atoms with Gasteiger partial charge in [-0.05, 0) is 5.56 Å². The molecule has 9 nitrogen and oxygen atoms in total. The van der Waals surface area contributed by atoms with Crippen LogP contribution in [0.5, 0.6) is 0 Å². The Morgan fingerprint density at radius 1 is 1.12 bits per heavy atom. The van der Waals surface area contributed by atoms with Crippen molar-refractivity contribution in [2.24, 2.45) is 0 Å². The molecule has 10 heteroatoms. The van der Waals surface area contributed by atoms with Crippen LogP contribution in [0.4, 0.5) is 17.6 Å². The Hall–Kier alpha value is -3.53. The molecule has 1 aliphatic rings. The van der Waals surface area contributed by atoms with Gasteiger partial charge in [0.2, 0.25) is 5.95 Å². The second kappa shape index (κ2) is 8.54. The Bertz CT molecular complexity index is 1200. The van der Waals surface area contributed by atoms with Crippen molar-refractivity contribution in [1.82, 2.24) is 29.7 Å². The van der Waals surface area contributed by atoms with Crippen LogP contribution in [0.2, 0.25) is 0 Å². The van der Waals surface area contributed by atoms with Crippen LogP contribution >= 0.6 is 11.3 Å². The normalized spacial score (nSPS) is 13.4. The molecule has 3 aromatic heterocycles. The average Bonchev–Trinajstić information content (AvgIpc) is 3.46. The largest absolute Gasteiger partial charge is 0.366 e. The van der Waals surface area contributed by atoms with E-state index in [4.69, 9.17) is 15.7 Å². The van der Waals surface area contributed by atoms with E-state index in [1.54, 1.807) is 11.3 Å². The molecule has 0 saturated carbocycles. The molecule has 0 spiro atoms. The van der Waals surface area contributed by atoms with Gasteiger partial charge < -0.3 is 16.0 Å². The second-order valence-corrected chi connectivity index (χ2v) is 8.94. The molecule has 0 bridgehead atoms. The topological polar surface area (TPSA) is 111 Å². The van der Waals surface area contributed by atoms with Crippen molar-refractivity contribution >= 4 is 28.9 Å². The van der Waals surface area contributed by atoms with Gasteiger partial charge in [-0.1, -0.05) is 38.1 Å². The molecular weight excluding hydrogens is 422 g/mol. The van der Waals surface area contributed by atoms with Gasteiger partial charge in [0.05, 0.1) is 13.1 Å². The third-order valence-electron chi connectivity index (χ3n) is 5.36. The second-order valence-electron chi connectivity index (χ2n) is 8.04. The number of nitrogens with zero attached hydrogens (tertiary/aromatic N) is 7. The first kappa shape index (κ1) is 20.4. The predicted molar refractivity (Wildman–Crippen MR) is 126 cm³/mol.